The van der Waals surface area contributed by atoms with Gasteiger partial charge < -0.3 is 14.8 Å². The second kappa shape index (κ2) is 9.51. The highest BCUT2D eigenvalue weighted by molar-refractivity contribution is 7.91. The Morgan fingerprint density at radius 1 is 1.10 bits per heavy atom. The molecule has 0 aliphatic carbocycles. The van der Waals surface area contributed by atoms with Gasteiger partial charge in [-0.2, -0.15) is 0 Å². The van der Waals surface area contributed by atoms with Crippen LogP contribution in [0.15, 0.2) is 22.5 Å². The summed E-state index contributed by atoms with van der Waals surface area (Å²) in [4.78, 5) is 12.0. The number of hydrogen-bond donors (Lipinski definition) is 2. The monoisotopic (exact) mass is 442 g/mol. The first-order valence-electron chi connectivity index (χ1n) is 9.10. The quantitative estimate of drug-likeness (QED) is 0.573. The summed E-state index contributed by atoms with van der Waals surface area (Å²) in [6, 6.07) is 5.22. The molecule has 0 saturated carbocycles. The molecule has 0 aliphatic heterocycles. The first kappa shape index (κ1) is 23.0. The van der Waals surface area contributed by atoms with Crippen LogP contribution in [0.4, 0.5) is 5.13 Å². The van der Waals surface area contributed by atoms with Crippen LogP contribution in [-0.4, -0.2) is 37.7 Å². The maximum atomic E-state index is 12.5. The smallest absolute Gasteiger partial charge is 0.270 e. The molecule has 11 heteroatoms. The number of nitrogens with one attached hydrogen (secondary N) is 2. The van der Waals surface area contributed by atoms with E-state index >= 15 is 0 Å². The molecule has 160 valence electrons. The van der Waals surface area contributed by atoms with E-state index in [2.05, 4.69) is 20.2 Å². The number of ether oxygens (including phenoxy) is 2. The number of hydrogen-bond acceptors (Lipinski definition) is 8. The van der Waals surface area contributed by atoms with Gasteiger partial charge in [0, 0.05) is 12.0 Å². The minimum Gasteiger partial charge on any atom is -0.490 e. The van der Waals surface area contributed by atoms with Crippen LogP contribution < -0.4 is 19.5 Å². The number of rotatable bonds is 9. The zero-order chi connectivity index (χ0) is 21.7. The van der Waals surface area contributed by atoms with Crippen molar-refractivity contribution in [2.75, 3.05) is 18.5 Å². The van der Waals surface area contributed by atoms with Gasteiger partial charge in [-0.1, -0.05) is 38.2 Å². The van der Waals surface area contributed by atoms with E-state index in [1.165, 1.54) is 0 Å². The summed E-state index contributed by atoms with van der Waals surface area (Å²) in [5, 5.41) is 10.1. The molecule has 1 heterocycles. The Hall–Kier alpha value is -2.24. The fourth-order valence-electron chi connectivity index (χ4n) is 2.10. The molecule has 0 aliphatic rings. The highest BCUT2D eigenvalue weighted by atomic mass is 32.2. The van der Waals surface area contributed by atoms with E-state index < -0.39 is 15.4 Å². The lowest BCUT2D eigenvalue weighted by atomic mass is 9.96. The van der Waals surface area contributed by atoms with Gasteiger partial charge in [0.2, 0.25) is 15.4 Å². The zero-order valence-electron chi connectivity index (χ0n) is 17.1. The second-order valence-corrected chi connectivity index (χ2v) is 9.97. The maximum Gasteiger partial charge on any atom is 0.270 e. The van der Waals surface area contributed by atoms with Crippen LogP contribution >= 0.6 is 11.3 Å². The molecule has 0 radical (unpaired) electrons. The van der Waals surface area contributed by atoms with Gasteiger partial charge >= 0.3 is 0 Å². The molecule has 0 unspecified atom stereocenters. The van der Waals surface area contributed by atoms with Crippen molar-refractivity contribution in [3.8, 4) is 11.5 Å². The Balaban J connectivity index is 2.08. The predicted octanol–water partition coefficient (Wildman–Crippen LogP) is 2.80. The molecule has 0 saturated heterocycles. The minimum absolute atomic E-state index is 0.0398. The average Bonchev–Trinajstić information content (AvgIpc) is 3.11. The number of amides is 1. The number of nitrogens with zero attached hydrogens (tertiary/aromatic N) is 2. The molecule has 9 nitrogen and oxygen atoms in total. The highest BCUT2D eigenvalue weighted by Crippen LogP contribution is 2.29. The highest BCUT2D eigenvalue weighted by Gasteiger charge is 2.25. The van der Waals surface area contributed by atoms with Crippen molar-refractivity contribution in [3.63, 3.8) is 0 Å². The summed E-state index contributed by atoms with van der Waals surface area (Å²) >= 11 is 0.790. The third kappa shape index (κ3) is 6.38. The van der Waals surface area contributed by atoms with E-state index in [-0.39, 0.29) is 21.9 Å². The summed E-state index contributed by atoms with van der Waals surface area (Å²) in [6.07, 6.45) is 0. The van der Waals surface area contributed by atoms with Gasteiger partial charge in [-0.05, 0) is 31.5 Å². The number of aromatic nitrogens is 2. The molecular formula is C18H26N4O5S2. The van der Waals surface area contributed by atoms with Crippen molar-refractivity contribution in [1.82, 2.24) is 14.9 Å². The van der Waals surface area contributed by atoms with Gasteiger partial charge in [-0.15, -0.1) is 10.2 Å². The fraction of sp³-hybridized carbons (Fsp3) is 0.500. The molecular weight excluding hydrogens is 416 g/mol. The van der Waals surface area contributed by atoms with E-state index in [0.29, 0.717) is 30.3 Å². The lowest BCUT2D eigenvalue weighted by Gasteiger charge is -2.15. The minimum atomic E-state index is -3.88. The van der Waals surface area contributed by atoms with Gasteiger partial charge in [0.25, 0.3) is 10.0 Å². The Morgan fingerprint density at radius 2 is 1.76 bits per heavy atom. The molecule has 0 atom stereocenters. The van der Waals surface area contributed by atoms with Crippen LogP contribution in [0.1, 0.15) is 40.2 Å². The van der Waals surface area contributed by atoms with E-state index in [1.807, 2.05) is 13.8 Å². The molecule has 29 heavy (non-hydrogen) atoms. The topological polar surface area (TPSA) is 120 Å². The Bertz CT molecular complexity index is 951. The summed E-state index contributed by atoms with van der Waals surface area (Å²) in [5.41, 5.74) is 0.0702. The molecule has 1 amide bonds. The number of carbonyl (C=O) groups excluding carboxylic acids is 1. The van der Waals surface area contributed by atoms with E-state index in [9.17, 15) is 13.2 Å². The molecule has 2 aromatic rings. The van der Waals surface area contributed by atoms with Crippen molar-refractivity contribution in [1.29, 1.82) is 0 Å². The third-order valence-electron chi connectivity index (χ3n) is 3.61. The van der Waals surface area contributed by atoms with Gasteiger partial charge in [-0.25, -0.2) is 13.1 Å². The van der Waals surface area contributed by atoms with Crippen LogP contribution in [0, 0.1) is 5.41 Å². The van der Waals surface area contributed by atoms with E-state index in [4.69, 9.17) is 9.47 Å². The normalized spacial score (nSPS) is 11.9. The molecule has 1 aromatic heterocycles. The molecule has 1 aromatic carbocycles. The van der Waals surface area contributed by atoms with Crippen LogP contribution in [0.3, 0.4) is 0 Å². The summed E-state index contributed by atoms with van der Waals surface area (Å²) < 4.78 is 38.3. The predicted molar refractivity (Wildman–Crippen MR) is 111 cm³/mol. The standard InChI is InChI=1S/C18H26N4O5S2/c1-6-26-13-9-8-12(10-14(13)27-7-2)11-19-29(24,25)17-22-21-16(28-17)20-15(23)18(3,4)5/h8-10,19H,6-7,11H2,1-5H3,(H,20,21,23). The lowest BCUT2D eigenvalue weighted by Crippen LogP contribution is -2.27. The number of benzene rings is 1. The molecule has 2 N–H and O–H groups in total. The van der Waals surface area contributed by atoms with Gasteiger partial charge in [0.1, 0.15) is 0 Å². The van der Waals surface area contributed by atoms with Gasteiger partial charge in [0.15, 0.2) is 11.5 Å². The summed E-state index contributed by atoms with van der Waals surface area (Å²) in [7, 11) is -3.88. The lowest BCUT2D eigenvalue weighted by molar-refractivity contribution is -0.123. The summed E-state index contributed by atoms with van der Waals surface area (Å²) in [5.74, 6) is 0.877. The fourth-order valence-corrected chi connectivity index (χ4v) is 4.05. The van der Waals surface area contributed by atoms with Crippen LogP contribution in [-0.2, 0) is 21.4 Å². The Labute approximate surface area is 174 Å². The maximum absolute atomic E-state index is 12.5. The van der Waals surface area contributed by atoms with Crippen LogP contribution in [0.25, 0.3) is 0 Å². The SMILES string of the molecule is CCOc1ccc(CNS(=O)(=O)c2nnc(NC(=O)C(C)(C)C)s2)cc1OCC. The van der Waals surface area contributed by atoms with Crippen molar-refractivity contribution >= 4 is 32.4 Å². The molecule has 2 rings (SSSR count). The van der Waals surface area contributed by atoms with Gasteiger partial charge in [-0.3, -0.25) is 4.79 Å². The molecule has 0 spiro atoms. The number of sulfonamides is 1. The van der Waals surface area contributed by atoms with Crippen molar-refractivity contribution in [3.05, 3.63) is 23.8 Å². The summed E-state index contributed by atoms with van der Waals surface area (Å²) in [6.45, 7) is 9.97. The van der Waals surface area contributed by atoms with Crippen molar-refractivity contribution < 1.29 is 22.7 Å². The number of anilines is 1. The number of carbonyl (C=O) groups is 1. The van der Waals surface area contributed by atoms with Crippen molar-refractivity contribution in [2.24, 2.45) is 5.41 Å². The first-order chi connectivity index (χ1) is 13.6. The Kier molecular flexibility index (Phi) is 7.55. The largest absolute Gasteiger partial charge is 0.490 e. The molecule has 0 bridgehead atoms. The average molecular weight is 443 g/mol. The zero-order valence-corrected chi connectivity index (χ0v) is 18.7. The third-order valence-corrected chi connectivity index (χ3v) is 6.22. The second-order valence-electron chi connectivity index (χ2n) is 7.05. The van der Waals surface area contributed by atoms with Crippen LogP contribution in [0.2, 0.25) is 0 Å². The Morgan fingerprint density at radius 3 is 2.38 bits per heavy atom. The first-order valence-corrected chi connectivity index (χ1v) is 11.4. The van der Waals surface area contributed by atoms with E-state index in [0.717, 1.165) is 11.3 Å². The van der Waals surface area contributed by atoms with Crippen molar-refractivity contribution in [2.45, 2.75) is 45.5 Å². The molecule has 0 fully saturated rings. The van der Waals surface area contributed by atoms with Gasteiger partial charge in [0.05, 0.1) is 13.2 Å². The van der Waals surface area contributed by atoms with Crippen LogP contribution in [0.5, 0.6) is 11.5 Å². The van der Waals surface area contributed by atoms with E-state index in [1.54, 1.807) is 39.0 Å².